The number of aryl methyl sites for hydroxylation is 4. The van der Waals surface area contributed by atoms with Gasteiger partial charge in [0.1, 0.15) is 0 Å². The highest BCUT2D eigenvalue weighted by Crippen LogP contribution is 2.38. The van der Waals surface area contributed by atoms with E-state index in [-0.39, 0.29) is 0 Å². The van der Waals surface area contributed by atoms with Gasteiger partial charge in [0.05, 0.1) is 0 Å². The zero-order valence-corrected chi connectivity index (χ0v) is 18.3. The summed E-state index contributed by atoms with van der Waals surface area (Å²) in [6.45, 7) is 17.3. The van der Waals surface area contributed by atoms with Crippen LogP contribution in [0.5, 0.6) is 0 Å². The zero-order valence-electron chi connectivity index (χ0n) is 18.3. The Morgan fingerprint density at radius 1 is 0.556 bits per heavy atom. The molecule has 0 radical (unpaired) electrons. The first-order valence-electron chi connectivity index (χ1n) is 10.2. The Bertz CT molecular complexity index is 803. The Morgan fingerprint density at radius 2 is 0.889 bits per heavy atom. The fourth-order valence-electron chi connectivity index (χ4n) is 3.95. The van der Waals surface area contributed by atoms with Crippen LogP contribution in [0.1, 0.15) is 61.4 Å². The summed E-state index contributed by atoms with van der Waals surface area (Å²) in [5.41, 5.74) is 12.1. The summed E-state index contributed by atoms with van der Waals surface area (Å²) in [4.78, 5) is 0. The molecule has 3 aromatic rings. The SMILES string of the molecule is CC.Cc1cc(C)cc(-c2cccc(-c3cc(C)cc(C)c3)c2C(C)C)c1. The van der Waals surface area contributed by atoms with Gasteiger partial charge >= 0.3 is 0 Å². The molecule has 0 saturated heterocycles. The third-order valence-electron chi connectivity index (χ3n) is 4.75. The quantitative estimate of drug-likeness (QED) is 0.441. The highest BCUT2D eigenvalue weighted by atomic mass is 14.2. The molecular weight excluding hydrogens is 324 g/mol. The van der Waals surface area contributed by atoms with Crippen LogP contribution in [0.3, 0.4) is 0 Å². The van der Waals surface area contributed by atoms with Crippen molar-refractivity contribution in [2.24, 2.45) is 0 Å². The molecule has 3 rings (SSSR count). The van der Waals surface area contributed by atoms with Crippen molar-refractivity contribution in [3.8, 4) is 22.3 Å². The maximum absolute atomic E-state index is 2.31. The van der Waals surface area contributed by atoms with Crippen LogP contribution in [-0.4, -0.2) is 0 Å². The van der Waals surface area contributed by atoms with Gasteiger partial charge in [-0.1, -0.05) is 105 Å². The Balaban J connectivity index is 0.00000126. The minimum Gasteiger partial charge on any atom is -0.0683 e. The van der Waals surface area contributed by atoms with Crippen LogP contribution < -0.4 is 0 Å². The lowest BCUT2D eigenvalue weighted by atomic mass is 9.84. The van der Waals surface area contributed by atoms with Crippen molar-refractivity contribution in [2.75, 3.05) is 0 Å². The maximum Gasteiger partial charge on any atom is -0.0143 e. The molecule has 0 saturated carbocycles. The minimum absolute atomic E-state index is 0.466. The maximum atomic E-state index is 2.31. The van der Waals surface area contributed by atoms with Gasteiger partial charge in [0.25, 0.3) is 0 Å². The molecule has 3 aromatic carbocycles. The zero-order chi connectivity index (χ0) is 20.1. The van der Waals surface area contributed by atoms with Crippen molar-refractivity contribution in [1.29, 1.82) is 0 Å². The van der Waals surface area contributed by atoms with Gasteiger partial charge in [-0.3, -0.25) is 0 Å². The Kier molecular flexibility index (Phi) is 7.02. The first-order chi connectivity index (χ1) is 12.8. The highest BCUT2D eigenvalue weighted by molar-refractivity contribution is 5.80. The van der Waals surface area contributed by atoms with Gasteiger partial charge in [0, 0.05) is 0 Å². The van der Waals surface area contributed by atoms with Gasteiger partial charge in [0.15, 0.2) is 0 Å². The molecule has 27 heavy (non-hydrogen) atoms. The first kappa shape index (κ1) is 21.0. The number of hydrogen-bond donors (Lipinski definition) is 0. The first-order valence-corrected chi connectivity index (χ1v) is 10.2. The van der Waals surface area contributed by atoms with Crippen molar-refractivity contribution in [3.05, 3.63) is 82.4 Å². The van der Waals surface area contributed by atoms with Crippen molar-refractivity contribution in [2.45, 2.75) is 61.3 Å². The molecule has 0 aromatic heterocycles. The molecule has 0 N–H and O–H groups in total. The fourth-order valence-corrected chi connectivity index (χ4v) is 3.95. The topological polar surface area (TPSA) is 0 Å². The summed E-state index contributed by atoms with van der Waals surface area (Å²) in [7, 11) is 0. The van der Waals surface area contributed by atoms with Crippen LogP contribution >= 0.6 is 0 Å². The molecule has 0 aliphatic rings. The molecule has 0 bridgehead atoms. The van der Waals surface area contributed by atoms with Gasteiger partial charge in [-0.2, -0.15) is 0 Å². The predicted molar refractivity (Wildman–Crippen MR) is 122 cm³/mol. The molecule has 0 aliphatic carbocycles. The Morgan fingerprint density at radius 3 is 1.19 bits per heavy atom. The average Bonchev–Trinajstić information content (AvgIpc) is 2.61. The second-order valence-corrected chi connectivity index (χ2v) is 7.67. The molecule has 0 amide bonds. The van der Waals surface area contributed by atoms with Gasteiger partial charge in [-0.15, -0.1) is 0 Å². The van der Waals surface area contributed by atoms with Gasteiger partial charge in [-0.25, -0.2) is 0 Å². The minimum atomic E-state index is 0.466. The monoisotopic (exact) mass is 358 g/mol. The third kappa shape index (κ3) is 4.89. The van der Waals surface area contributed by atoms with Crippen LogP contribution in [-0.2, 0) is 0 Å². The summed E-state index contributed by atoms with van der Waals surface area (Å²) in [5, 5.41) is 0. The predicted octanol–water partition coefficient (Wildman–Crippen LogP) is 8.40. The Hall–Kier alpha value is -2.34. The molecule has 0 aliphatic heterocycles. The lowest BCUT2D eigenvalue weighted by Crippen LogP contribution is -1.98. The number of benzene rings is 3. The molecule has 0 nitrogen and oxygen atoms in total. The van der Waals surface area contributed by atoms with Gasteiger partial charge in [0.2, 0.25) is 0 Å². The van der Waals surface area contributed by atoms with Crippen molar-refractivity contribution < 1.29 is 0 Å². The lowest BCUT2D eigenvalue weighted by molar-refractivity contribution is 0.871. The van der Waals surface area contributed by atoms with E-state index in [1.165, 1.54) is 50.1 Å². The average molecular weight is 359 g/mol. The van der Waals surface area contributed by atoms with Crippen molar-refractivity contribution in [1.82, 2.24) is 0 Å². The summed E-state index contributed by atoms with van der Waals surface area (Å²) < 4.78 is 0. The van der Waals surface area contributed by atoms with Crippen LogP contribution in [0.4, 0.5) is 0 Å². The highest BCUT2D eigenvalue weighted by Gasteiger charge is 2.15. The third-order valence-corrected chi connectivity index (χ3v) is 4.75. The van der Waals surface area contributed by atoms with Crippen molar-refractivity contribution >= 4 is 0 Å². The molecular formula is C27H34. The van der Waals surface area contributed by atoms with Crippen LogP contribution in [0.15, 0.2) is 54.6 Å². The summed E-state index contributed by atoms with van der Waals surface area (Å²) in [5.74, 6) is 0.466. The van der Waals surface area contributed by atoms with E-state index < -0.39 is 0 Å². The van der Waals surface area contributed by atoms with Crippen molar-refractivity contribution in [3.63, 3.8) is 0 Å². The van der Waals surface area contributed by atoms with E-state index in [9.17, 15) is 0 Å². The van der Waals surface area contributed by atoms with E-state index in [2.05, 4.69) is 96.1 Å². The van der Waals surface area contributed by atoms with E-state index in [4.69, 9.17) is 0 Å². The fraction of sp³-hybridized carbons (Fsp3) is 0.333. The second-order valence-electron chi connectivity index (χ2n) is 7.67. The molecule has 0 unspecified atom stereocenters. The van der Waals surface area contributed by atoms with Gasteiger partial charge < -0.3 is 0 Å². The number of hydrogen-bond acceptors (Lipinski definition) is 0. The molecule has 0 spiro atoms. The molecule has 142 valence electrons. The van der Waals surface area contributed by atoms with Crippen LogP contribution in [0.25, 0.3) is 22.3 Å². The van der Waals surface area contributed by atoms with E-state index in [0.29, 0.717) is 5.92 Å². The van der Waals surface area contributed by atoms with E-state index >= 15 is 0 Å². The number of rotatable bonds is 3. The van der Waals surface area contributed by atoms with Gasteiger partial charge in [-0.05, 0) is 61.4 Å². The largest absolute Gasteiger partial charge is 0.0683 e. The standard InChI is InChI=1S/C25H28.C2H6/c1-16(2)25-23(21-12-17(3)10-18(4)13-21)8-7-9-24(25)22-14-19(5)11-20(6)15-22;1-2/h7-16H,1-6H3;1-2H3. The summed E-state index contributed by atoms with van der Waals surface area (Å²) >= 11 is 0. The van der Waals surface area contributed by atoms with Crippen LogP contribution in [0.2, 0.25) is 0 Å². The molecule has 0 atom stereocenters. The van der Waals surface area contributed by atoms with E-state index in [1.54, 1.807) is 0 Å². The molecule has 0 heteroatoms. The smallest absolute Gasteiger partial charge is 0.0143 e. The summed E-state index contributed by atoms with van der Waals surface area (Å²) in [6.07, 6.45) is 0. The molecule has 0 heterocycles. The van der Waals surface area contributed by atoms with E-state index in [0.717, 1.165) is 0 Å². The van der Waals surface area contributed by atoms with E-state index in [1.807, 2.05) is 13.8 Å². The Labute approximate surface area is 166 Å². The normalized spacial score (nSPS) is 10.6. The lowest BCUT2D eigenvalue weighted by Gasteiger charge is -2.20. The summed E-state index contributed by atoms with van der Waals surface area (Å²) in [6, 6.07) is 20.5. The van der Waals surface area contributed by atoms with Crippen LogP contribution in [0, 0.1) is 27.7 Å². The molecule has 0 fully saturated rings. The second kappa shape index (κ2) is 9.04.